The molecular formula is C26H26N2O4. The second kappa shape index (κ2) is 7.79. The van der Waals surface area contributed by atoms with Crippen molar-refractivity contribution in [2.45, 2.75) is 38.1 Å². The average Bonchev–Trinajstić information content (AvgIpc) is 2.78. The summed E-state index contributed by atoms with van der Waals surface area (Å²) in [7, 11) is 1.60. The Balaban J connectivity index is 1.82. The van der Waals surface area contributed by atoms with Crippen LogP contribution in [0.1, 0.15) is 48.7 Å². The molecule has 0 bridgehead atoms. The molecule has 0 aliphatic carbocycles. The van der Waals surface area contributed by atoms with Gasteiger partial charge in [0.25, 0.3) is 11.6 Å². The van der Waals surface area contributed by atoms with Gasteiger partial charge in [0.15, 0.2) is 0 Å². The van der Waals surface area contributed by atoms with Crippen molar-refractivity contribution < 1.29 is 14.5 Å². The van der Waals surface area contributed by atoms with Gasteiger partial charge in [0, 0.05) is 34.3 Å². The number of anilines is 1. The predicted octanol–water partition coefficient (Wildman–Crippen LogP) is 5.74. The molecule has 1 unspecified atom stereocenters. The highest BCUT2D eigenvalue weighted by Crippen LogP contribution is 2.50. The van der Waals surface area contributed by atoms with E-state index in [9.17, 15) is 14.9 Å². The molecule has 4 rings (SSSR count). The SMILES string of the molecule is COc1ccc(C(=O)N2c3ccccc3C(C)(c3ccc([N+](=O)[O-])cc3)CC2(C)C)cc1. The lowest BCUT2D eigenvalue weighted by Crippen LogP contribution is -2.55. The lowest BCUT2D eigenvalue weighted by molar-refractivity contribution is -0.384. The van der Waals surface area contributed by atoms with Gasteiger partial charge in [-0.1, -0.05) is 37.3 Å². The Morgan fingerprint density at radius 3 is 2.19 bits per heavy atom. The monoisotopic (exact) mass is 430 g/mol. The summed E-state index contributed by atoms with van der Waals surface area (Å²) in [6, 6.07) is 21.8. The van der Waals surface area contributed by atoms with E-state index in [4.69, 9.17) is 4.74 Å². The molecule has 0 radical (unpaired) electrons. The van der Waals surface area contributed by atoms with E-state index >= 15 is 0 Å². The molecule has 1 aliphatic rings. The molecule has 0 aromatic heterocycles. The minimum absolute atomic E-state index is 0.0667. The fourth-order valence-electron chi connectivity index (χ4n) is 4.96. The second-order valence-electron chi connectivity index (χ2n) is 9.01. The fourth-order valence-corrected chi connectivity index (χ4v) is 4.96. The number of hydrogen-bond donors (Lipinski definition) is 0. The van der Waals surface area contributed by atoms with E-state index < -0.39 is 11.0 Å². The number of fused-ring (bicyclic) bond motifs is 1. The first kappa shape index (κ1) is 21.6. The van der Waals surface area contributed by atoms with Gasteiger partial charge in [-0.25, -0.2) is 0 Å². The molecule has 1 amide bonds. The molecule has 0 N–H and O–H groups in total. The third-order valence-electron chi connectivity index (χ3n) is 6.39. The highest BCUT2D eigenvalue weighted by molar-refractivity contribution is 6.08. The Kier molecular flexibility index (Phi) is 5.25. The summed E-state index contributed by atoms with van der Waals surface area (Å²) in [5.74, 6) is 0.626. The molecule has 1 heterocycles. The molecule has 3 aromatic carbocycles. The Labute approximate surface area is 187 Å². The number of non-ortho nitro benzene ring substituents is 1. The summed E-state index contributed by atoms with van der Waals surface area (Å²) in [5.41, 5.74) is 2.61. The van der Waals surface area contributed by atoms with Crippen molar-refractivity contribution in [1.29, 1.82) is 0 Å². The van der Waals surface area contributed by atoms with Crippen LogP contribution in [0.25, 0.3) is 0 Å². The maximum Gasteiger partial charge on any atom is 0.269 e. The smallest absolute Gasteiger partial charge is 0.269 e. The normalized spacial score (nSPS) is 19.2. The molecular weight excluding hydrogens is 404 g/mol. The number of nitro benzene ring substituents is 1. The minimum atomic E-state index is -0.498. The molecule has 0 fully saturated rings. The van der Waals surface area contributed by atoms with Crippen molar-refractivity contribution in [2.24, 2.45) is 0 Å². The third-order valence-corrected chi connectivity index (χ3v) is 6.39. The molecule has 32 heavy (non-hydrogen) atoms. The molecule has 164 valence electrons. The first-order valence-corrected chi connectivity index (χ1v) is 10.5. The standard InChI is InChI=1S/C26H26N2O4/c1-25(2)17-26(3,19-11-13-20(14-12-19)28(30)31)22-7-5-6-8-23(22)27(25)24(29)18-9-15-21(32-4)16-10-18/h5-16H,17H2,1-4H3. The van der Waals surface area contributed by atoms with Gasteiger partial charge in [0.1, 0.15) is 5.75 Å². The zero-order valence-corrected chi connectivity index (χ0v) is 18.7. The first-order valence-electron chi connectivity index (χ1n) is 10.5. The number of para-hydroxylation sites is 1. The number of rotatable bonds is 4. The Morgan fingerprint density at radius 1 is 0.969 bits per heavy atom. The fraction of sp³-hybridized carbons (Fsp3) is 0.269. The summed E-state index contributed by atoms with van der Waals surface area (Å²) in [5, 5.41) is 11.1. The van der Waals surface area contributed by atoms with Crippen LogP contribution in [0.5, 0.6) is 5.75 Å². The van der Waals surface area contributed by atoms with Gasteiger partial charge < -0.3 is 9.64 Å². The molecule has 6 nitrogen and oxygen atoms in total. The van der Waals surface area contributed by atoms with Crippen LogP contribution < -0.4 is 9.64 Å². The number of carbonyl (C=O) groups excluding carboxylic acids is 1. The van der Waals surface area contributed by atoms with Crippen molar-refractivity contribution in [1.82, 2.24) is 0 Å². The van der Waals surface area contributed by atoms with E-state index in [1.807, 2.05) is 41.3 Å². The van der Waals surface area contributed by atoms with E-state index in [1.54, 1.807) is 43.5 Å². The Bertz CT molecular complexity index is 1170. The number of nitro groups is 1. The topological polar surface area (TPSA) is 72.7 Å². The van der Waals surface area contributed by atoms with Crippen LogP contribution in [-0.4, -0.2) is 23.5 Å². The van der Waals surface area contributed by atoms with Crippen LogP contribution in [0.15, 0.2) is 72.8 Å². The molecule has 3 aromatic rings. The highest BCUT2D eigenvalue weighted by atomic mass is 16.6. The summed E-state index contributed by atoms with van der Waals surface area (Å²) < 4.78 is 5.22. The first-order chi connectivity index (χ1) is 15.2. The van der Waals surface area contributed by atoms with E-state index in [1.165, 1.54) is 0 Å². The van der Waals surface area contributed by atoms with E-state index in [2.05, 4.69) is 20.8 Å². The van der Waals surface area contributed by atoms with Gasteiger partial charge in [-0.2, -0.15) is 0 Å². The van der Waals surface area contributed by atoms with Gasteiger partial charge in [-0.05, 0) is 61.7 Å². The number of methoxy groups -OCH3 is 1. The highest BCUT2D eigenvalue weighted by Gasteiger charge is 2.47. The molecule has 6 heteroatoms. The maximum atomic E-state index is 13.7. The van der Waals surface area contributed by atoms with Gasteiger partial charge in [-0.3, -0.25) is 14.9 Å². The van der Waals surface area contributed by atoms with Crippen molar-refractivity contribution in [3.05, 3.63) is 99.6 Å². The molecule has 0 saturated heterocycles. The predicted molar refractivity (Wildman–Crippen MR) is 124 cm³/mol. The van der Waals surface area contributed by atoms with Gasteiger partial charge >= 0.3 is 0 Å². The largest absolute Gasteiger partial charge is 0.497 e. The molecule has 1 aliphatic heterocycles. The van der Waals surface area contributed by atoms with E-state index in [-0.39, 0.29) is 16.5 Å². The molecule has 0 spiro atoms. The van der Waals surface area contributed by atoms with Crippen LogP contribution in [-0.2, 0) is 5.41 Å². The summed E-state index contributed by atoms with van der Waals surface area (Å²) in [6.07, 6.45) is 0.663. The Hall–Kier alpha value is -3.67. The van der Waals surface area contributed by atoms with Gasteiger partial charge in [-0.15, -0.1) is 0 Å². The number of carbonyl (C=O) groups is 1. The molecule has 1 atom stereocenters. The maximum absolute atomic E-state index is 13.7. The number of ether oxygens (including phenoxy) is 1. The summed E-state index contributed by atoms with van der Waals surface area (Å²) in [6.45, 7) is 6.27. The number of hydrogen-bond acceptors (Lipinski definition) is 4. The van der Waals surface area contributed by atoms with Crippen LogP contribution in [0.3, 0.4) is 0 Å². The van der Waals surface area contributed by atoms with Crippen LogP contribution in [0, 0.1) is 10.1 Å². The zero-order valence-electron chi connectivity index (χ0n) is 18.7. The van der Waals surface area contributed by atoms with Crippen molar-refractivity contribution in [2.75, 3.05) is 12.0 Å². The average molecular weight is 431 g/mol. The van der Waals surface area contributed by atoms with Crippen molar-refractivity contribution >= 4 is 17.3 Å². The number of nitrogens with zero attached hydrogens (tertiary/aromatic N) is 2. The zero-order chi connectivity index (χ0) is 23.1. The Morgan fingerprint density at radius 2 is 1.59 bits per heavy atom. The quantitative estimate of drug-likeness (QED) is 0.391. The summed E-state index contributed by atoms with van der Waals surface area (Å²) in [4.78, 5) is 26.3. The second-order valence-corrected chi connectivity index (χ2v) is 9.01. The van der Waals surface area contributed by atoms with Crippen LogP contribution in [0.2, 0.25) is 0 Å². The molecule has 0 saturated carbocycles. The van der Waals surface area contributed by atoms with Crippen LogP contribution in [0.4, 0.5) is 11.4 Å². The minimum Gasteiger partial charge on any atom is -0.497 e. The van der Waals surface area contributed by atoms with E-state index in [0.29, 0.717) is 17.7 Å². The third kappa shape index (κ3) is 3.51. The van der Waals surface area contributed by atoms with Crippen molar-refractivity contribution in [3.8, 4) is 5.75 Å². The lowest BCUT2D eigenvalue weighted by Gasteiger charge is -2.51. The lowest BCUT2D eigenvalue weighted by atomic mass is 9.65. The van der Waals surface area contributed by atoms with E-state index in [0.717, 1.165) is 16.8 Å². The van der Waals surface area contributed by atoms with Gasteiger partial charge in [0.05, 0.1) is 12.0 Å². The van der Waals surface area contributed by atoms with Crippen molar-refractivity contribution in [3.63, 3.8) is 0 Å². The number of benzene rings is 3. The summed E-state index contributed by atoms with van der Waals surface area (Å²) >= 11 is 0. The number of amides is 1. The van der Waals surface area contributed by atoms with Crippen LogP contribution >= 0.6 is 0 Å². The van der Waals surface area contributed by atoms with Gasteiger partial charge in [0.2, 0.25) is 0 Å².